The molecule has 0 fully saturated rings. The molecule has 0 spiro atoms. The van der Waals surface area contributed by atoms with Crippen LogP contribution in [0.15, 0.2) is 23.2 Å². The predicted octanol–water partition coefficient (Wildman–Crippen LogP) is 1.12. The molecule has 2 atom stereocenters. The molecular weight excluding hydrogens is 296 g/mol. The number of hydrogen-bond donors (Lipinski definition) is 0. The molecule has 0 saturated heterocycles. The Labute approximate surface area is 115 Å². The summed E-state index contributed by atoms with van der Waals surface area (Å²) in [5.41, 5.74) is 0. The van der Waals surface area contributed by atoms with Gasteiger partial charge < -0.3 is 0 Å². The normalized spacial score (nSPS) is 15.6. The molecule has 102 valence electrons. The molecule has 0 saturated carbocycles. The number of nitrogens with zero attached hydrogens (tertiary/aromatic N) is 2. The van der Waals surface area contributed by atoms with Crippen LogP contribution in [0.3, 0.4) is 0 Å². The SMILES string of the molecule is C[C@H](C[S@](C)=O)N(C)S(=O)(=O)c1ccc(Cl)nc1. The van der Waals surface area contributed by atoms with Crippen molar-refractivity contribution in [2.24, 2.45) is 0 Å². The van der Waals surface area contributed by atoms with Crippen molar-refractivity contribution in [3.63, 3.8) is 0 Å². The van der Waals surface area contributed by atoms with E-state index in [9.17, 15) is 12.6 Å². The molecule has 0 bridgehead atoms. The van der Waals surface area contributed by atoms with Crippen molar-refractivity contribution < 1.29 is 12.6 Å². The summed E-state index contributed by atoms with van der Waals surface area (Å²) in [5, 5.41) is 0.235. The Morgan fingerprint density at radius 3 is 2.56 bits per heavy atom. The van der Waals surface area contributed by atoms with E-state index in [1.54, 1.807) is 13.2 Å². The van der Waals surface area contributed by atoms with Crippen LogP contribution in [-0.4, -0.2) is 47.0 Å². The van der Waals surface area contributed by atoms with Crippen molar-refractivity contribution >= 4 is 32.4 Å². The van der Waals surface area contributed by atoms with Gasteiger partial charge in [-0.2, -0.15) is 4.31 Å². The second-order valence-electron chi connectivity index (χ2n) is 3.93. The zero-order valence-electron chi connectivity index (χ0n) is 10.3. The molecule has 0 aliphatic heterocycles. The van der Waals surface area contributed by atoms with Crippen molar-refractivity contribution in [1.29, 1.82) is 0 Å². The van der Waals surface area contributed by atoms with Gasteiger partial charge in [0.25, 0.3) is 0 Å². The smallest absolute Gasteiger partial charge is 0.244 e. The summed E-state index contributed by atoms with van der Waals surface area (Å²) in [6.45, 7) is 1.71. The van der Waals surface area contributed by atoms with E-state index in [0.717, 1.165) is 0 Å². The number of rotatable bonds is 5. The van der Waals surface area contributed by atoms with E-state index in [1.807, 2.05) is 0 Å². The van der Waals surface area contributed by atoms with E-state index in [0.29, 0.717) is 0 Å². The van der Waals surface area contributed by atoms with E-state index in [-0.39, 0.29) is 21.8 Å². The van der Waals surface area contributed by atoms with Crippen LogP contribution in [0.25, 0.3) is 0 Å². The highest BCUT2D eigenvalue weighted by Gasteiger charge is 2.26. The van der Waals surface area contributed by atoms with Crippen molar-refractivity contribution in [2.75, 3.05) is 19.1 Å². The number of sulfonamides is 1. The summed E-state index contributed by atoms with van der Waals surface area (Å²) >= 11 is 5.61. The third-order valence-electron chi connectivity index (χ3n) is 2.47. The summed E-state index contributed by atoms with van der Waals surface area (Å²) in [4.78, 5) is 3.82. The fourth-order valence-electron chi connectivity index (χ4n) is 1.36. The zero-order valence-corrected chi connectivity index (χ0v) is 12.7. The van der Waals surface area contributed by atoms with Gasteiger partial charge in [0.05, 0.1) is 0 Å². The van der Waals surface area contributed by atoms with Crippen molar-refractivity contribution in [1.82, 2.24) is 9.29 Å². The molecule has 18 heavy (non-hydrogen) atoms. The van der Waals surface area contributed by atoms with Crippen LogP contribution in [0.4, 0.5) is 0 Å². The quantitative estimate of drug-likeness (QED) is 0.764. The molecule has 8 heteroatoms. The molecule has 0 N–H and O–H groups in total. The summed E-state index contributed by atoms with van der Waals surface area (Å²) in [6, 6.07) is 2.47. The molecule has 1 heterocycles. The highest BCUT2D eigenvalue weighted by atomic mass is 35.5. The first-order valence-electron chi connectivity index (χ1n) is 5.14. The minimum Gasteiger partial charge on any atom is -0.260 e. The maximum absolute atomic E-state index is 12.2. The highest BCUT2D eigenvalue weighted by Crippen LogP contribution is 2.17. The molecule has 0 aliphatic rings. The summed E-state index contributed by atoms with van der Waals surface area (Å²) in [5.74, 6) is 0.288. The maximum Gasteiger partial charge on any atom is 0.244 e. The summed E-state index contributed by atoms with van der Waals surface area (Å²) in [7, 11) is -3.22. The van der Waals surface area contributed by atoms with Gasteiger partial charge in [0.15, 0.2) is 0 Å². The monoisotopic (exact) mass is 310 g/mol. The van der Waals surface area contributed by atoms with Crippen molar-refractivity contribution in [2.45, 2.75) is 17.9 Å². The second kappa shape index (κ2) is 6.10. The van der Waals surface area contributed by atoms with Gasteiger partial charge >= 0.3 is 0 Å². The van der Waals surface area contributed by atoms with Crippen LogP contribution in [0.5, 0.6) is 0 Å². The molecule has 0 amide bonds. The number of pyridine rings is 1. The Bertz CT molecular complexity index is 531. The Kier molecular flexibility index (Phi) is 5.27. The average Bonchev–Trinajstić information content (AvgIpc) is 2.27. The number of halogens is 1. The first-order chi connectivity index (χ1) is 8.25. The summed E-state index contributed by atoms with van der Waals surface area (Å²) < 4.78 is 36.7. The summed E-state index contributed by atoms with van der Waals surface area (Å²) in [6.07, 6.45) is 2.75. The molecule has 0 radical (unpaired) electrons. The topological polar surface area (TPSA) is 67.3 Å². The Morgan fingerprint density at radius 2 is 2.11 bits per heavy atom. The minimum absolute atomic E-state index is 0.0723. The molecule has 0 aliphatic carbocycles. The molecule has 1 aromatic rings. The van der Waals surface area contributed by atoms with Gasteiger partial charge in [-0.3, -0.25) is 4.21 Å². The minimum atomic E-state index is -3.62. The molecule has 1 aromatic heterocycles. The lowest BCUT2D eigenvalue weighted by atomic mass is 10.4. The molecular formula is C10H15ClN2O3S2. The lowest BCUT2D eigenvalue weighted by molar-refractivity contribution is 0.413. The Morgan fingerprint density at radius 1 is 1.50 bits per heavy atom. The highest BCUT2D eigenvalue weighted by molar-refractivity contribution is 7.89. The van der Waals surface area contributed by atoms with Crippen LogP contribution in [0, 0.1) is 0 Å². The van der Waals surface area contributed by atoms with Crippen LogP contribution in [-0.2, 0) is 20.8 Å². The first kappa shape index (κ1) is 15.6. The second-order valence-corrected chi connectivity index (χ2v) is 7.79. The van der Waals surface area contributed by atoms with E-state index >= 15 is 0 Å². The molecule has 0 aromatic carbocycles. The molecule has 1 rings (SSSR count). The third kappa shape index (κ3) is 3.74. The maximum atomic E-state index is 12.2. The Balaban J connectivity index is 2.99. The fourth-order valence-corrected chi connectivity index (χ4v) is 3.78. The van der Waals surface area contributed by atoms with E-state index in [2.05, 4.69) is 4.98 Å². The standard InChI is InChI=1S/C10H15ClN2O3S2/c1-8(7-17(3)14)13(2)18(15,16)9-4-5-10(11)12-6-9/h4-6,8H,7H2,1-3H3/t8-,17+/m1/s1. The number of hydrogen-bond acceptors (Lipinski definition) is 4. The van der Waals surface area contributed by atoms with Gasteiger partial charge in [-0.25, -0.2) is 13.4 Å². The van der Waals surface area contributed by atoms with Gasteiger partial charge in [-0.05, 0) is 19.1 Å². The van der Waals surface area contributed by atoms with Gasteiger partial charge in [0, 0.05) is 42.1 Å². The fraction of sp³-hybridized carbons (Fsp3) is 0.500. The van der Waals surface area contributed by atoms with E-state index in [1.165, 1.54) is 29.7 Å². The number of aromatic nitrogens is 1. The van der Waals surface area contributed by atoms with Gasteiger partial charge in [-0.15, -0.1) is 0 Å². The van der Waals surface area contributed by atoms with E-state index < -0.39 is 20.8 Å². The van der Waals surface area contributed by atoms with Crippen LogP contribution in [0.2, 0.25) is 5.15 Å². The average molecular weight is 311 g/mol. The van der Waals surface area contributed by atoms with Gasteiger partial charge in [-0.1, -0.05) is 11.6 Å². The van der Waals surface area contributed by atoms with E-state index in [4.69, 9.17) is 11.6 Å². The zero-order chi connectivity index (χ0) is 13.9. The van der Waals surface area contributed by atoms with Crippen LogP contribution >= 0.6 is 11.6 Å². The lowest BCUT2D eigenvalue weighted by Gasteiger charge is -2.23. The lowest BCUT2D eigenvalue weighted by Crippen LogP contribution is -2.38. The predicted molar refractivity (Wildman–Crippen MR) is 72.6 cm³/mol. The Hall–Kier alpha value is -0.500. The first-order valence-corrected chi connectivity index (χ1v) is 8.69. The third-order valence-corrected chi connectivity index (χ3v) is 5.60. The largest absolute Gasteiger partial charge is 0.260 e. The van der Waals surface area contributed by atoms with Crippen LogP contribution in [0.1, 0.15) is 6.92 Å². The molecule has 0 unspecified atom stereocenters. The van der Waals surface area contributed by atoms with Crippen LogP contribution < -0.4 is 0 Å². The van der Waals surface area contributed by atoms with Crippen molar-refractivity contribution in [3.05, 3.63) is 23.5 Å². The van der Waals surface area contributed by atoms with Gasteiger partial charge in [0.1, 0.15) is 10.0 Å². The van der Waals surface area contributed by atoms with Gasteiger partial charge in [0.2, 0.25) is 10.0 Å². The van der Waals surface area contributed by atoms with Crippen molar-refractivity contribution in [3.8, 4) is 0 Å². The molecule has 5 nitrogen and oxygen atoms in total.